The number of halogens is 1. The van der Waals surface area contributed by atoms with Gasteiger partial charge in [-0.3, -0.25) is 0 Å². The second kappa shape index (κ2) is 4.96. The zero-order chi connectivity index (χ0) is 12.5. The van der Waals surface area contributed by atoms with E-state index in [1.807, 2.05) is 6.92 Å². The lowest BCUT2D eigenvalue weighted by atomic mass is 10.1. The molecule has 1 aromatic heterocycles. The molecule has 0 amide bonds. The number of nitrogens with zero attached hydrogens (tertiary/aromatic N) is 1. The molecular formula is C13H17BrN2O2. The number of rotatable bonds is 4. The second-order valence-electron chi connectivity index (χ2n) is 4.88. The predicted molar refractivity (Wildman–Crippen MR) is 73.4 cm³/mol. The molecule has 0 bridgehead atoms. The van der Waals surface area contributed by atoms with Crippen LogP contribution in [0.2, 0.25) is 0 Å². The maximum absolute atomic E-state index is 5.73. The molecule has 4 nitrogen and oxygen atoms in total. The van der Waals surface area contributed by atoms with Crippen molar-refractivity contribution in [2.45, 2.75) is 32.2 Å². The van der Waals surface area contributed by atoms with Crippen molar-refractivity contribution in [1.29, 1.82) is 0 Å². The standard InChI is InChI=1S/C13H17BrN2O2/c1-2-17-12-10(14)6-15-13-11(12)16-9(7-18-13)5-8-3-4-8/h6,8-9,16H,2-5,7H2,1H3. The molecule has 2 heterocycles. The first kappa shape index (κ1) is 12.1. The molecule has 18 heavy (non-hydrogen) atoms. The third-order valence-electron chi connectivity index (χ3n) is 3.33. The number of nitrogens with one attached hydrogen (secondary N) is 1. The second-order valence-corrected chi connectivity index (χ2v) is 5.73. The summed E-state index contributed by atoms with van der Waals surface area (Å²) in [5.41, 5.74) is 0.892. The summed E-state index contributed by atoms with van der Waals surface area (Å²) in [5, 5.41) is 3.52. The molecule has 1 N–H and O–H groups in total. The minimum Gasteiger partial charge on any atom is -0.490 e. The highest BCUT2D eigenvalue weighted by Gasteiger charge is 2.30. The van der Waals surface area contributed by atoms with Crippen LogP contribution in [0, 0.1) is 5.92 Å². The van der Waals surface area contributed by atoms with Gasteiger partial charge in [-0.15, -0.1) is 0 Å². The molecule has 1 unspecified atom stereocenters. The SMILES string of the molecule is CCOc1c(Br)cnc2c1NC(CC1CC1)CO2. The van der Waals surface area contributed by atoms with Crippen LogP contribution in [0.3, 0.4) is 0 Å². The van der Waals surface area contributed by atoms with E-state index in [1.54, 1.807) is 6.20 Å². The average Bonchev–Trinajstić information content (AvgIpc) is 3.17. The Labute approximate surface area is 115 Å². The molecule has 0 aromatic carbocycles. The van der Waals surface area contributed by atoms with Crippen LogP contribution < -0.4 is 14.8 Å². The number of hydrogen-bond donors (Lipinski definition) is 1. The number of pyridine rings is 1. The Kier molecular flexibility index (Phi) is 3.33. The van der Waals surface area contributed by atoms with Crippen molar-refractivity contribution in [3.05, 3.63) is 10.7 Å². The Morgan fingerprint density at radius 2 is 2.39 bits per heavy atom. The van der Waals surface area contributed by atoms with Gasteiger partial charge >= 0.3 is 0 Å². The highest BCUT2D eigenvalue weighted by molar-refractivity contribution is 9.10. The Balaban J connectivity index is 1.83. The van der Waals surface area contributed by atoms with Gasteiger partial charge in [0, 0.05) is 6.20 Å². The van der Waals surface area contributed by atoms with Gasteiger partial charge in [0.15, 0.2) is 5.75 Å². The van der Waals surface area contributed by atoms with Crippen LogP contribution in [-0.2, 0) is 0 Å². The molecule has 1 atom stereocenters. The number of hydrogen-bond acceptors (Lipinski definition) is 4. The predicted octanol–water partition coefficient (Wildman–Crippen LogP) is 3.22. The van der Waals surface area contributed by atoms with Crippen LogP contribution in [0.25, 0.3) is 0 Å². The van der Waals surface area contributed by atoms with Crippen molar-refractivity contribution in [1.82, 2.24) is 4.98 Å². The maximum Gasteiger partial charge on any atom is 0.241 e. The average molecular weight is 313 g/mol. The zero-order valence-electron chi connectivity index (χ0n) is 10.4. The van der Waals surface area contributed by atoms with E-state index in [4.69, 9.17) is 9.47 Å². The molecular weight excluding hydrogens is 296 g/mol. The fourth-order valence-corrected chi connectivity index (χ4v) is 2.70. The monoisotopic (exact) mass is 312 g/mol. The molecule has 5 heteroatoms. The highest BCUT2D eigenvalue weighted by Crippen LogP contribution is 2.43. The van der Waals surface area contributed by atoms with Gasteiger partial charge in [-0.1, -0.05) is 12.8 Å². The molecule has 98 valence electrons. The van der Waals surface area contributed by atoms with E-state index in [1.165, 1.54) is 19.3 Å². The van der Waals surface area contributed by atoms with Gasteiger partial charge in [-0.2, -0.15) is 0 Å². The molecule has 0 saturated heterocycles. The van der Waals surface area contributed by atoms with Gasteiger partial charge in [0.05, 0.1) is 17.1 Å². The summed E-state index contributed by atoms with van der Waals surface area (Å²) in [6.07, 6.45) is 5.63. The first-order valence-corrected chi connectivity index (χ1v) is 7.28. The molecule has 1 aliphatic heterocycles. The van der Waals surface area contributed by atoms with Crippen molar-refractivity contribution in [2.24, 2.45) is 5.92 Å². The van der Waals surface area contributed by atoms with Crippen molar-refractivity contribution >= 4 is 21.6 Å². The number of aromatic nitrogens is 1. The summed E-state index contributed by atoms with van der Waals surface area (Å²) >= 11 is 3.48. The van der Waals surface area contributed by atoms with Crippen LogP contribution in [-0.4, -0.2) is 24.2 Å². The lowest BCUT2D eigenvalue weighted by molar-refractivity contribution is 0.258. The quantitative estimate of drug-likeness (QED) is 0.927. The first-order valence-electron chi connectivity index (χ1n) is 6.48. The normalized spacial score (nSPS) is 21.8. The van der Waals surface area contributed by atoms with E-state index in [0.29, 0.717) is 25.1 Å². The minimum atomic E-state index is 0.375. The highest BCUT2D eigenvalue weighted by atomic mass is 79.9. The summed E-state index contributed by atoms with van der Waals surface area (Å²) < 4.78 is 12.3. The van der Waals surface area contributed by atoms with Gasteiger partial charge in [0.1, 0.15) is 12.3 Å². The number of anilines is 1. The van der Waals surface area contributed by atoms with Crippen molar-refractivity contribution < 1.29 is 9.47 Å². The lowest BCUT2D eigenvalue weighted by Crippen LogP contribution is -2.32. The van der Waals surface area contributed by atoms with E-state index in [-0.39, 0.29) is 0 Å². The van der Waals surface area contributed by atoms with Crippen LogP contribution in [0.15, 0.2) is 10.7 Å². The van der Waals surface area contributed by atoms with Gasteiger partial charge in [-0.25, -0.2) is 4.98 Å². The molecule has 0 radical (unpaired) electrons. The summed E-state index contributed by atoms with van der Waals surface area (Å²) in [4.78, 5) is 4.28. The van der Waals surface area contributed by atoms with E-state index in [0.717, 1.165) is 21.8 Å². The fourth-order valence-electron chi connectivity index (χ4n) is 2.29. The third-order valence-corrected chi connectivity index (χ3v) is 3.89. The molecule has 3 rings (SSSR count). The largest absolute Gasteiger partial charge is 0.490 e. The van der Waals surface area contributed by atoms with Gasteiger partial charge < -0.3 is 14.8 Å². The van der Waals surface area contributed by atoms with Crippen LogP contribution in [0.4, 0.5) is 5.69 Å². The molecule has 1 aliphatic carbocycles. The van der Waals surface area contributed by atoms with E-state index < -0.39 is 0 Å². The third kappa shape index (κ3) is 2.41. The van der Waals surface area contributed by atoms with Crippen LogP contribution in [0.5, 0.6) is 11.6 Å². The Morgan fingerprint density at radius 1 is 1.56 bits per heavy atom. The van der Waals surface area contributed by atoms with E-state index >= 15 is 0 Å². The smallest absolute Gasteiger partial charge is 0.241 e. The van der Waals surface area contributed by atoms with E-state index in [9.17, 15) is 0 Å². The number of ether oxygens (including phenoxy) is 2. The Bertz CT molecular complexity index is 449. The van der Waals surface area contributed by atoms with Crippen molar-refractivity contribution in [2.75, 3.05) is 18.5 Å². The number of fused-ring (bicyclic) bond motifs is 1. The summed E-state index contributed by atoms with van der Waals surface area (Å²) in [6.45, 7) is 3.30. The molecule has 2 aliphatic rings. The zero-order valence-corrected chi connectivity index (χ0v) is 12.0. The van der Waals surface area contributed by atoms with E-state index in [2.05, 4.69) is 26.2 Å². The maximum atomic E-state index is 5.73. The molecule has 0 spiro atoms. The molecule has 1 saturated carbocycles. The summed E-state index contributed by atoms with van der Waals surface area (Å²) in [5.74, 6) is 2.33. The van der Waals surface area contributed by atoms with Gasteiger partial charge in [0.25, 0.3) is 0 Å². The Morgan fingerprint density at radius 3 is 3.11 bits per heavy atom. The van der Waals surface area contributed by atoms with Crippen molar-refractivity contribution in [3.63, 3.8) is 0 Å². The van der Waals surface area contributed by atoms with Gasteiger partial charge in [0.2, 0.25) is 5.88 Å². The molecule has 1 fully saturated rings. The van der Waals surface area contributed by atoms with Crippen LogP contribution >= 0.6 is 15.9 Å². The van der Waals surface area contributed by atoms with Crippen LogP contribution in [0.1, 0.15) is 26.2 Å². The topological polar surface area (TPSA) is 43.4 Å². The van der Waals surface area contributed by atoms with Crippen molar-refractivity contribution in [3.8, 4) is 11.6 Å². The summed E-state index contributed by atoms with van der Waals surface area (Å²) in [7, 11) is 0. The first-order chi connectivity index (χ1) is 8.78. The minimum absolute atomic E-state index is 0.375. The lowest BCUT2D eigenvalue weighted by Gasteiger charge is -2.28. The Hall–Kier alpha value is -0.970. The fraction of sp³-hybridized carbons (Fsp3) is 0.615. The summed E-state index contributed by atoms with van der Waals surface area (Å²) in [6, 6.07) is 0.375. The van der Waals surface area contributed by atoms with Gasteiger partial charge in [-0.05, 0) is 35.2 Å². The molecule has 1 aromatic rings.